The SMILES string of the molecule is CCOc1cc(/C=N/NC(=O)c2ccc(F)cc2)cc(Cl)c1O. The lowest BCUT2D eigenvalue weighted by molar-refractivity contribution is 0.0955. The summed E-state index contributed by atoms with van der Waals surface area (Å²) in [6.07, 6.45) is 1.36. The molecular weight excluding hydrogens is 323 g/mol. The van der Waals surface area contributed by atoms with Crippen molar-refractivity contribution in [2.24, 2.45) is 5.10 Å². The number of nitrogens with zero attached hydrogens (tertiary/aromatic N) is 1. The lowest BCUT2D eigenvalue weighted by atomic mass is 10.2. The number of hydrogen-bond acceptors (Lipinski definition) is 4. The van der Waals surface area contributed by atoms with E-state index < -0.39 is 11.7 Å². The van der Waals surface area contributed by atoms with E-state index in [1.165, 1.54) is 42.6 Å². The molecule has 0 aliphatic carbocycles. The molecule has 0 spiro atoms. The normalized spacial score (nSPS) is 10.7. The summed E-state index contributed by atoms with van der Waals surface area (Å²) in [6, 6.07) is 8.10. The van der Waals surface area contributed by atoms with E-state index in [9.17, 15) is 14.3 Å². The van der Waals surface area contributed by atoms with E-state index in [-0.39, 0.29) is 22.1 Å². The third-order valence-corrected chi connectivity index (χ3v) is 3.12. The second kappa shape index (κ2) is 7.60. The summed E-state index contributed by atoms with van der Waals surface area (Å²) >= 11 is 5.89. The third-order valence-electron chi connectivity index (χ3n) is 2.84. The van der Waals surface area contributed by atoms with E-state index in [0.717, 1.165) is 0 Å². The fourth-order valence-corrected chi connectivity index (χ4v) is 1.98. The highest BCUT2D eigenvalue weighted by atomic mass is 35.5. The Hall–Kier alpha value is -2.60. The van der Waals surface area contributed by atoms with Crippen LogP contribution in [0.1, 0.15) is 22.8 Å². The minimum Gasteiger partial charge on any atom is -0.503 e. The lowest BCUT2D eigenvalue weighted by Crippen LogP contribution is -2.17. The van der Waals surface area contributed by atoms with Gasteiger partial charge < -0.3 is 9.84 Å². The largest absolute Gasteiger partial charge is 0.503 e. The van der Waals surface area contributed by atoms with Gasteiger partial charge in [0, 0.05) is 5.56 Å². The number of halogens is 2. The predicted molar refractivity (Wildman–Crippen MR) is 85.7 cm³/mol. The second-order valence-corrected chi connectivity index (χ2v) is 4.90. The van der Waals surface area contributed by atoms with Crippen molar-refractivity contribution in [2.45, 2.75) is 6.92 Å². The smallest absolute Gasteiger partial charge is 0.271 e. The molecule has 5 nitrogen and oxygen atoms in total. The molecule has 0 aromatic heterocycles. The number of rotatable bonds is 5. The van der Waals surface area contributed by atoms with Gasteiger partial charge in [-0.05, 0) is 48.9 Å². The molecule has 0 heterocycles. The minimum atomic E-state index is -0.476. The number of phenolic OH excluding ortho intramolecular Hbond substituents is 1. The van der Waals surface area contributed by atoms with Crippen LogP contribution in [0.5, 0.6) is 11.5 Å². The van der Waals surface area contributed by atoms with Crippen molar-refractivity contribution >= 4 is 23.7 Å². The zero-order valence-electron chi connectivity index (χ0n) is 12.2. The van der Waals surface area contributed by atoms with Gasteiger partial charge in [-0.25, -0.2) is 9.82 Å². The summed E-state index contributed by atoms with van der Waals surface area (Å²) in [4.78, 5) is 11.8. The van der Waals surface area contributed by atoms with Crippen molar-refractivity contribution in [1.82, 2.24) is 5.43 Å². The van der Waals surface area contributed by atoms with Crippen molar-refractivity contribution < 1.29 is 19.0 Å². The number of carbonyl (C=O) groups excluding carboxylic acids is 1. The van der Waals surface area contributed by atoms with Crippen molar-refractivity contribution in [3.63, 3.8) is 0 Å². The Labute approximate surface area is 137 Å². The van der Waals surface area contributed by atoms with Gasteiger partial charge in [-0.2, -0.15) is 5.10 Å². The second-order valence-electron chi connectivity index (χ2n) is 4.49. The van der Waals surface area contributed by atoms with Gasteiger partial charge in [-0.15, -0.1) is 0 Å². The number of amides is 1. The van der Waals surface area contributed by atoms with Gasteiger partial charge in [0.15, 0.2) is 11.5 Å². The molecule has 0 atom stereocenters. The number of ether oxygens (including phenoxy) is 1. The fourth-order valence-electron chi connectivity index (χ4n) is 1.77. The zero-order valence-corrected chi connectivity index (χ0v) is 13.0. The van der Waals surface area contributed by atoms with Crippen LogP contribution in [-0.4, -0.2) is 23.8 Å². The molecule has 0 bridgehead atoms. The summed E-state index contributed by atoms with van der Waals surface area (Å²) in [6.45, 7) is 2.14. The molecule has 0 aliphatic heterocycles. The Bertz CT molecular complexity index is 733. The molecule has 2 N–H and O–H groups in total. The van der Waals surface area contributed by atoms with E-state index >= 15 is 0 Å². The summed E-state index contributed by atoms with van der Waals surface area (Å²) in [5, 5.41) is 13.6. The molecule has 0 radical (unpaired) electrons. The molecule has 2 rings (SSSR count). The Morgan fingerprint density at radius 3 is 2.74 bits per heavy atom. The Kier molecular flexibility index (Phi) is 5.54. The van der Waals surface area contributed by atoms with E-state index in [1.54, 1.807) is 6.92 Å². The van der Waals surface area contributed by atoms with Crippen molar-refractivity contribution in [2.75, 3.05) is 6.61 Å². The van der Waals surface area contributed by atoms with Crippen molar-refractivity contribution in [3.05, 3.63) is 58.4 Å². The first-order chi connectivity index (χ1) is 11.0. The summed E-state index contributed by atoms with van der Waals surface area (Å²) < 4.78 is 18.0. The van der Waals surface area contributed by atoms with Gasteiger partial charge in [0.25, 0.3) is 5.91 Å². The van der Waals surface area contributed by atoms with Crippen molar-refractivity contribution in [1.29, 1.82) is 0 Å². The molecule has 0 unspecified atom stereocenters. The number of hydrazone groups is 1. The Morgan fingerprint density at radius 1 is 1.39 bits per heavy atom. The highest BCUT2D eigenvalue weighted by Crippen LogP contribution is 2.34. The number of aromatic hydroxyl groups is 1. The summed E-state index contributed by atoms with van der Waals surface area (Å²) in [7, 11) is 0. The van der Waals surface area contributed by atoms with Crippen LogP contribution in [0.4, 0.5) is 4.39 Å². The van der Waals surface area contributed by atoms with Crippen LogP contribution < -0.4 is 10.2 Å². The monoisotopic (exact) mass is 336 g/mol. The minimum absolute atomic E-state index is 0.113. The highest BCUT2D eigenvalue weighted by Gasteiger charge is 2.09. The maximum atomic E-state index is 12.8. The van der Waals surface area contributed by atoms with Crippen LogP contribution in [0.2, 0.25) is 5.02 Å². The standard InChI is InChI=1S/C16H14ClFN2O3/c1-2-23-14-8-10(7-13(17)15(14)21)9-19-20-16(22)11-3-5-12(18)6-4-11/h3-9,21H,2H2,1H3,(H,20,22)/b19-9+. The van der Waals surface area contributed by atoms with Crippen LogP contribution in [0, 0.1) is 5.82 Å². The van der Waals surface area contributed by atoms with Crippen LogP contribution >= 0.6 is 11.6 Å². The van der Waals surface area contributed by atoms with Crippen LogP contribution in [0.3, 0.4) is 0 Å². The van der Waals surface area contributed by atoms with Crippen LogP contribution in [0.15, 0.2) is 41.5 Å². The third kappa shape index (κ3) is 4.43. The van der Waals surface area contributed by atoms with Gasteiger partial charge in [0.1, 0.15) is 5.82 Å². The molecule has 0 aliphatic rings. The maximum Gasteiger partial charge on any atom is 0.271 e. The van der Waals surface area contributed by atoms with E-state index in [2.05, 4.69) is 10.5 Å². The highest BCUT2D eigenvalue weighted by molar-refractivity contribution is 6.32. The first kappa shape index (κ1) is 16.8. The molecule has 120 valence electrons. The number of phenols is 1. The molecule has 0 fully saturated rings. The van der Waals surface area contributed by atoms with Crippen LogP contribution in [0.25, 0.3) is 0 Å². The van der Waals surface area contributed by atoms with Crippen molar-refractivity contribution in [3.8, 4) is 11.5 Å². The number of benzene rings is 2. The molecule has 2 aromatic rings. The lowest BCUT2D eigenvalue weighted by Gasteiger charge is -2.08. The molecule has 23 heavy (non-hydrogen) atoms. The van der Waals surface area contributed by atoms with E-state index in [1.807, 2.05) is 0 Å². The van der Waals surface area contributed by atoms with Gasteiger partial charge in [0.05, 0.1) is 17.8 Å². The molecule has 1 amide bonds. The van der Waals surface area contributed by atoms with Gasteiger partial charge in [-0.3, -0.25) is 4.79 Å². The van der Waals surface area contributed by atoms with E-state index in [0.29, 0.717) is 12.2 Å². The summed E-state index contributed by atoms with van der Waals surface area (Å²) in [5.74, 6) is -0.823. The number of hydrogen-bond donors (Lipinski definition) is 2. The average Bonchev–Trinajstić information content (AvgIpc) is 2.53. The van der Waals surface area contributed by atoms with Gasteiger partial charge in [-0.1, -0.05) is 11.6 Å². The predicted octanol–water partition coefficient (Wildman–Crippen LogP) is 3.35. The number of carbonyl (C=O) groups is 1. The summed E-state index contributed by atoms with van der Waals surface area (Å²) in [5.41, 5.74) is 3.13. The molecular formula is C16H14ClFN2O3. The van der Waals surface area contributed by atoms with Crippen LogP contribution in [-0.2, 0) is 0 Å². The first-order valence-corrected chi connectivity index (χ1v) is 7.13. The topological polar surface area (TPSA) is 70.9 Å². The first-order valence-electron chi connectivity index (χ1n) is 6.75. The maximum absolute atomic E-state index is 12.8. The molecule has 7 heteroatoms. The fraction of sp³-hybridized carbons (Fsp3) is 0.125. The van der Waals surface area contributed by atoms with Gasteiger partial charge in [0.2, 0.25) is 0 Å². The van der Waals surface area contributed by atoms with E-state index in [4.69, 9.17) is 16.3 Å². The Balaban J connectivity index is 2.08. The number of nitrogens with one attached hydrogen (secondary N) is 1. The Morgan fingerprint density at radius 2 is 2.09 bits per heavy atom. The molecule has 2 aromatic carbocycles. The van der Waals surface area contributed by atoms with Gasteiger partial charge >= 0.3 is 0 Å². The molecule has 0 saturated carbocycles. The quantitative estimate of drug-likeness (QED) is 0.649. The zero-order chi connectivity index (χ0) is 16.8. The molecule has 0 saturated heterocycles. The average molecular weight is 337 g/mol.